The normalized spacial score (nSPS) is 22.8. The molecule has 0 bridgehead atoms. The number of benzene rings is 2. The molecule has 4 rings (SSSR count). The van der Waals surface area contributed by atoms with Gasteiger partial charge in [-0.05, 0) is 54.5 Å². The maximum Gasteiger partial charge on any atom is 0.252 e. The topological polar surface area (TPSA) is 75.9 Å². The van der Waals surface area contributed by atoms with E-state index < -0.39 is 6.10 Å². The molecule has 2 aliphatic heterocycles. The van der Waals surface area contributed by atoms with E-state index in [0.29, 0.717) is 32.4 Å². The van der Waals surface area contributed by atoms with Crippen molar-refractivity contribution < 1.29 is 18.7 Å². The number of carbonyl (C=O) groups excluding carboxylic acids is 2. The lowest BCUT2D eigenvalue weighted by molar-refractivity contribution is -0.153. The molecule has 3 atom stereocenters. The molecule has 1 saturated heterocycles. The number of carbonyl (C=O) groups is 2. The van der Waals surface area contributed by atoms with E-state index in [1.807, 2.05) is 17.0 Å². The Balaban J connectivity index is 1.50. The van der Waals surface area contributed by atoms with Crippen LogP contribution >= 0.6 is 0 Å². The highest BCUT2D eigenvalue weighted by atomic mass is 19.1. The van der Waals surface area contributed by atoms with E-state index in [2.05, 4.69) is 12.1 Å². The summed E-state index contributed by atoms with van der Waals surface area (Å²) in [5.74, 6) is -0.415. The Bertz CT molecular complexity index is 957. The zero-order valence-electron chi connectivity index (χ0n) is 18.4. The van der Waals surface area contributed by atoms with Crippen molar-refractivity contribution in [2.75, 3.05) is 26.7 Å². The number of nitrogens with zero attached hydrogens (tertiary/aromatic N) is 2. The van der Waals surface area contributed by atoms with Crippen molar-refractivity contribution in [1.82, 2.24) is 9.80 Å². The molecule has 2 amide bonds. The molecule has 0 radical (unpaired) electrons. The third-order valence-corrected chi connectivity index (χ3v) is 6.68. The number of halogens is 1. The van der Waals surface area contributed by atoms with E-state index >= 15 is 0 Å². The Morgan fingerprint density at radius 3 is 2.59 bits per heavy atom. The average molecular weight is 440 g/mol. The fourth-order valence-electron chi connectivity index (χ4n) is 4.75. The van der Waals surface area contributed by atoms with Crippen LogP contribution in [0.5, 0.6) is 0 Å². The van der Waals surface area contributed by atoms with Gasteiger partial charge in [0.25, 0.3) is 5.91 Å². The van der Waals surface area contributed by atoms with E-state index in [-0.39, 0.29) is 36.3 Å². The molecule has 0 unspecified atom stereocenters. The molecule has 1 fully saturated rings. The molecule has 0 aliphatic carbocycles. The van der Waals surface area contributed by atoms with Gasteiger partial charge in [0, 0.05) is 13.6 Å². The van der Waals surface area contributed by atoms with Gasteiger partial charge < -0.3 is 20.3 Å². The number of fused-ring (bicyclic) bond motifs is 1. The standard InChI is InChI=1S/C25H30FN3O3/c1-28(24(30)15-27)20-10-11-23(32-16-20)25(31)29-13-12-18-4-2-3-5-21(18)22(29)14-17-6-8-19(26)9-7-17/h2-9,20,22-23H,10-16,27H2,1H3/t20-,22+,23-/m1/s1. The van der Waals surface area contributed by atoms with Crippen LogP contribution in [0.2, 0.25) is 0 Å². The molecule has 170 valence electrons. The molecule has 2 N–H and O–H groups in total. The summed E-state index contributed by atoms with van der Waals surface area (Å²) in [6.45, 7) is 0.913. The molecule has 32 heavy (non-hydrogen) atoms. The minimum Gasteiger partial charge on any atom is -0.366 e. The number of hydrogen-bond donors (Lipinski definition) is 1. The van der Waals surface area contributed by atoms with Crippen LogP contribution in [-0.4, -0.2) is 60.5 Å². The third kappa shape index (κ3) is 4.69. The number of hydrogen-bond acceptors (Lipinski definition) is 4. The van der Waals surface area contributed by atoms with Gasteiger partial charge in [0.1, 0.15) is 11.9 Å². The second-order valence-corrected chi connectivity index (χ2v) is 8.59. The second-order valence-electron chi connectivity index (χ2n) is 8.59. The van der Waals surface area contributed by atoms with E-state index in [0.717, 1.165) is 17.5 Å². The smallest absolute Gasteiger partial charge is 0.252 e. The summed E-state index contributed by atoms with van der Waals surface area (Å²) in [5.41, 5.74) is 8.83. The van der Waals surface area contributed by atoms with E-state index in [4.69, 9.17) is 10.5 Å². The van der Waals surface area contributed by atoms with Gasteiger partial charge >= 0.3 is 0 Å². The summed E-state index contributed by atoms with van der Waals surface area (Å²) in [4.78, 5) is 28.9. The van der Waals surface area contributed by atoms with Gasteiger partial charge in [0.15, 0.2) is 0 Å². The number of amides is 2. The third-order valence-electron chi connectivity index (χ3n) is 6.68. The molecular weight excluding hydrogens is 409 g/mol. The maximum atomic E-state index is 13.5. The lowest BCUT2D eigenvalue weighted by atomic mass is 9.88. The Hall–Kier alpha value is -2.77. The van der Waals surface area contributed by atoms with Crippen LogP contribution in [0.1, 0.15) is 35.6 Å². The van der Waals surface area contributed by atoms with Gasteiger partial charge in [-0.2, -0.15) is 0 Å². The fourth-order valence-corrected chi connectivity index (χ4v) is 4.75. The van der Waals surface area contributed by atoms with E-state index in [1.165, 1.54) is 17.7 Å². The van der Waals surface area contributed by atoms with Crippen LogP contribution in [0.25, 0.3) is 0 Å². The van der Waals surface area contributed by atoms with Gasteiger partial charge in [-0.25, -0.2) is 4.39 Å². The molecule has 2 aromatic carbocycles. The van der Waals surface area contributed by atoms with Crippen molar-refractivity contribution in [1.29, 1.82) is 0 Å². The molecule has 2 heterocycles. The van der Waals surface area contributed by atoms with Crippen LogP contribution in [-0.2, 0) is 27.2 Å². The Labute approximate surface area is 188 Å². The summed E-state index contributed by atoms with van der Waals surface area (Å²) >= 11 is 0. The molecule has 6 nitrogen and oxygen atoms in total. The number of likely N-dealkylation sites (N-methyl/N-ethyl adjacent to an activating group) is 1. The predicted octanol–water partition coefficient (Wildman–Crippen LogP) is 2.46. The van der Waals surface area contributed by atoms with Crippen LogP contribution in [0.15, 0.2) is 48.5 Å². The first kappa shape index (κ1) is 22.4. The van der Waals surface area contributed by atoms with Crippen LogP contribution in [0, 0.1) is 5.82 Å². The van der Waals surface area contributed by atoms with Gasteiger partial charge in [0.2, 0.25) is 5.91 Å². The minimum atomic E-state index is -0.520. The van der Waals surface area contributed by atoms with Gasteiger partial charge in [-0.1, -0.05) is 36.4 Å². The lowest BCUT2D eigenvalue weighted by Gasteiger charge is -2.41. The Morgan fingerprint density at radius 1 is 1.16 bits per heavy atom. The highest BCUT2D eigenvalue weighted by molar-refractivity contribution is 5.82. The summed E-state index contributed by atoms with van der Waals surface area (Å²) in [6.07, 6.45) is 2.16. The van der Waals surface area contributed by atoms with Gasteiger partial charge in [-0.15, -0.1) is 0 Å². The largest absolute Gasteiger partial charge is 0.366 e. The first-order valence-corrected chi connectivity index (χ1v) is 11.2. The van der Waals surface area contributed by atoms with Crippen molar-refractivity contribution in [2.24, 2.45) is 5.73 Å². The summed E-state index contributed by atoms with van der Waals surface area (Å²) in [5, 5.41) is 0. The molecular formula is C25H30FN3O3. The van der Waals surface area contributed by atoms with Crippen molar-refractivity contribution in [3.63, 3.8) is 0 Å². The van der Waals surface area contributed by atoms with Crippen LogP contribution in [0.3, 0.4) is 0 Å². The molecule has 0 spiro atoms. The van der Waals surface area contributed by atoms with Crippen molar-refractivity contribution in [2.45, 2.75) is 43.9 Å². The Morgan fingerprint density at radius 2 is 1.91 bits per heavy atom. The fraction of sp³-hybridized carbons (Fsp3) is 0.440. The zero-order chi connectivity index (χ0) is 22.7. The van der Waals surface area contributed by atoms with Gasteiger partial charge in [-0.3, -0.25) is 9.59 Å². The first-order chi connectivity index (χ1) is 15.5. The van der Waals surface area contributed by atoms with Crippen LogP contribution < -0.4 is 5.73 Å². The molecule has 7 heteroatoms. The van der Waals surface area contributed by atoms with Crippen molar-refractivity contribution >= 4 is 11.8 Å². The van der Waals surface area contributed by atoms with Crippen molar-refractivity contribution in [3.8, 4) is 0 Å². The second kappa shape index (κ2) is 9.79. The minimum absolute atomic E-state index is 0.0159. The quantitative estimate of drug-likeness (QED) is 0.777. The summed E-state index contributed by atoms with van der Waals surface area (Å²) in [6, 6.07) is 14.5. The van der Waals surface area contributed by atoms with Crippen molar-refractivity contribution in [3.05, 3.63) is 71.0 Å². The predicted molar refractivity (Wildman–Crippen MR) is 119 cm³/mol. The number of nitrogens with two attached hydrogens (primary N) is 1. The summed E-state index contributed by atoms with van der Waals surface area (Å²) in [7, 11) is 1.73. The maximum absolute atomic E-state index is 13.5. The van der Waals surface area contributed by atoms with Gasteiger partial charge in [0.05, 0.1) is 25.2 Å². The highest BCUT2D eigenvalue weighted by Crippen LogP contribution is 2.34. The number of ether oxygens (including phenoxy) is 1. The molecule has 0 saturated carbocycles. The highest BCUT2D eigenvalue weighted by Gasteiger charge is 2.37. The lowest BCUT2D eigenvalue weighted by Crippen LogP contribution is -2.51. The molecule has 2 aliphatic rings. The average Bonchev–Trinajstić information content (AvgIpc) is 2.84. The monoisotopic (exact) mass is 439 g/mol. The summed E-state index contributed by atoms with van der Waals surface area (Å²) < 4.78 is 19.3. The first-order valence-electron chi connectivity index (χ1n) is 11.2. The van der Waals surface area contributed by atoms with E-state index in [9.17, 15) is 14.0 Å². The molecule has 2 aromatic rings. The number of rotatable bonds is 5. The van der Waals surface area contributed by atoms with Crippen LogP contribution in [0.4, 0.5) is 4.39 Å². The van der Waals surface area contributed by atoms with E-state index in [1.54, 1.807) is 24.1 Å². The Kier molecular flexibility index (Phi) is 6.86. The molecule has 0 aromatic heterocycles. The SMILES string of the molecule is CN(C(=O)CN)[C@@H]1CC[C@H](C(=O)N2CCc3ccccc3[C@@H]2Cc2ccc(F)cc2)OC1. The zero-order valence-corrected chi connectivity index (χ0v) is 18.4.